The lowest BCUT2D eigenvalue weighted by Gasteiger charge is -2.43. The number of carbonyl (C=O) groups excluding carboxylic acids is 5. The molecule has 4 aliphatic rings. The second-order valence-corrected chi connectivity index (χ2v) is 21.6. The Balaban J connectivity index is 1.51. The van der Waals surface area contributed by atoms with Crippen LogP contribution in [0.5, 0.6) is 0 Å². The molecule has 16 atom stereocenters. The Hall–Kier alpha value is -4.19. The van der Waals surface area contributed by atoms with E-state index in [1.165, 1.54) is 12.0 Å². The van der Waals surface area contributed by atoms with E-state index in [0.29, 0.717) is 63.4 Å². The maximum absolute atomic E-state index is 14.5. The van der Waals surface area contributed by atoms with Crippen molar-refractivity contribution >= 4 is 29.2 Å². The zero-order valence-corrected chi connectivity index (χ0v) is 44.7. The summed E-state index contributed by atoms with van der Waals surface area (Å²) in [6.07, 6.45) is 9.33. The first-order valence-corrected chi connectivity index (χ1v) is 26.7. The minimum Gasteiger partial charge on any atom is -0.460 e. The van der Waals surface area contributed by atoms with Crippen molar-refractivity contribution in [1.29, 1.82) is 0 Å². The SMILES string of the molecule is CO[C@@H]1C[C@H](C[C@@H](C)[C@@H]2CC(=O)[C@H](C)/C=C(\C)[C@@H](O)[C@@H](OC)C(=O)[C@H](C)C[C@H](C)/C=C/C=C/C=C(\C)C(O[C@@H](CO)c3ccccc3)C[C@@H]3CC[C@@H](C)[C@@](O)(O3)C(=O)C(=O)N3CCCCC3C(=O)O2)CC[C@H]1O. The molecule has 1 saturated carbocycles. The van der Waals surface area contributed by atoms with Crippen molar-refractivity contribution in [3.63, 3.8) is 0 Å². The monoisotopic (exact) mass is 1020 g/mol. The van der Waals surface area contributed by atoms with Gasteiger partial charge in [-0.2, -0.15) is 0 Å². The lowest BCUT2D eigenvalue weighted by Crippen LogP contribution is -2.61. The summed E-state index contributed by atoms with van der Waals surface area (Å²) < 4.78 is 30.4. The highest BCUT2D eigenvalue weighted by Gasteiger charge is 2.53. The highest BCUT2D eigenvalue weighted by Crippen LogP contribution is 2.38. The second-order valence-electron chi connectivity index (χ2n) is 21.6. The number of hydrogen-bond acceptors (Lipinski definition) is 14. The van der Waals surface area contributed by atoms with Gasteiger partial charge >= 0.3 is 5.97 Å². The van der Waals surface area contributed by atoms with Gasteiger partial charge in [-0.25, -0.2) is 4.79 Å². The number of nitrogens with zero attached hydrogens (tertiary/aromatic N) is 1. The van der Waals surface area contributed by atoms with Gasteiger partial charge in [0, 0.05) is 51.4 Å². The number of aliphatic hydroxyl groups is 4. The van der Waals surface area contributed by atoms with E-state index in [1.807, 2.05) is 81.5 Å². The van der Waals surface area contributed by atoms with Crippen LogP contribution in [-0.2, 0) is 47.7 Å². The van der Waals surface area contributed by atoms with E-state index in [0.717, 1.165) is 11.1 Å². The number of fused-ring (bicyclic) bond motifs is 3. The van der Waals surface area contributed by atoms with E-state index in [9.17, 15) is 44.4 Å². The van der Waals surface area contributed by atoms with Crippen LogP contribution in [0.1, 0.15) is 137 Å². The third kappa shape index (κ3) is 15.9. The predicted molar refractivity (Wildman–Crippen MR) is 275 cm³/mol. The third-order valence-electron chi connectivity index (χ3n) is 15.9. The molecule has 15 nitrogen and oxygen atoms in total. The van der Waals surface area contributed by atoms with Crippen LogP contribution in [0.2, 0.25) is 0 Å². The Morgan fingerprint density at radius 1 is 0.849 bits per heavy atom. The number of piperidine rings is 1. The first kappa shape index (κ1) is 59.7. The maximum atomic E-state index is 14.5. The Morgan fingerprint density at radius 2 is 1.58 bits per heavy atom. The lowest BCUT2D eigenvalue weighted by molar-refractivity contribution is -0.266. The van der Waals surface area contributed by atoms with E-state index >= 15 is 0 Å². The zero-order valence-electron chi connectivity index (χ0n) is 44.7. The highest BCUT2D eigenvalue weighted by molar-refractivity contribution is 6.39. The van der Waals surface area contributed by atoms with E-state index in [4.69, 9.17) is 23.7 Å². The Morgan fingerprint density at radius 3 is 2.26 bits per heavy atom. The largest absolute Gasteiger partial charge is 0.460 e. The molecule has 5 rings (SSSR count). The van der Waals surface area contributed by atoms with Crippen LogP contribution in [0.25, 0.3) is 0 Å². The Bertz CT molecular complexity index is 2120. The minimum atomic E-state index is -2.52. The molecule has 2 bridgehead atoms. The molecular weight excluding hydrogens is 935 g/mol. The number of methoxy groups -OCH3 is 2. The molecule has 0 aromatic heterocycles. The topological polar surface area (TPSA) is 216 Å². The normalized spacial score (nSPS) is 37.7. The number of benzene rings is 1. The molecule has 1 aromatic carbocycles. The molecule has 2 unspecified atom stereocenters. The van der Waals surface area contributed by atoms with E-state index in [-0.39, 0.29) is 67.8 Å². The number of carbonyl (C=O) groups is 5. The number of allylic oxidation sites excluding steroid dienone is 6. The molecule has 1 aliphatic carbocycles. The quantitative estimate of drug-likeness (QED) is 0.109. The molecule has 406 valence electrons. The fraction of sp³-hybridized carbons (Fsp3) is 0.672. The molecule has 3 fully saturated rings. The van der Waals surface area contributed by atoms with Gasteiger partial charge in [0.25, 0.3) is 11.7 Å². The van der Waals surface area contributed by atoms with Gasteiger partial charge in [0.05, 0.1) is 31.0 Å². The van der Waals surface area contributed by atoms with Crippen LogP contribution in [0.4, 0.5) is 0 Å². The van der Waals surface area contributed by atoms with Gasteiger partial charge in [-0.1, -0.05) is 101 Å². The van der Waals surface area contributed by atoms with Gasteiger partial charge in [0.2, 0.25) is 5.79 Å². The molecule has 15 heteroatoms. The summed E-state index contributed by atoms with van der Waals surface area (Å²) in [6, 6.07) is 8.11. The maximum Gasteiger partial charge on any atom is 0.329 e. The smallest absolute Gasteiger partial charge is 0.329 e. The zero-order chi connectivity index (χ0) is 53.6. The molecule has 1 aromatic rings. The van der Waals surface area contributed by atoms with Crippen LogP contribution in [0, 0.1) is 35.5 Å². The summed E-state index contributed by atoms with van der Waals surface area (Å²) in [5.74, 6) is -8.42. The van der Waals surface area contributed by atoms with Crippen molar-refractivity contribution in [2.45, 2.75) is 186 Å². The second kappa shape index (κ2) is 28.1. The average molecular weight is 1020 g/mol. The fourth-order valence-corrected chi connectivity index (χ4v) is 11.1. The molecular formula is C58H85NO14. The number of esters is 1. The van der Waals surface area contributed by atoms with Gasteiger partial charge < -0.3 is 49.0 Å². The fourth-order valence-electron chi connectivity index (χ4n) is 11.1. The molecule has 3 heterocycles. The van der Waals surface area contributed by atoms with Crippen molar-refractivity contribution < 1.29 is 68.1 Å². The average Bonchev–Trinajstić information content (AvgIpc) is 3.38. The van der Waals surface area contributed by atoms with Gasteiger partial charge in [-0.3, -0.25) is 19.2 Å². The standard InChI is InChI=1S/C58H85NO14/c1-35-18-12-10-13-19-36(2)48(71-51(34-60)43-20-14-11-15-21-43)32-44-25-23-41(7)58(68,73-44)55(65)56(66)59-27-17-16-22-45(59)57(67)72-49(38(4)30-42-24-26-46(61)50(31-42)69-8)33-47(62)37(3)29-40(6)53(64)54(70-9)52(63)39(5)28-35/h10-15,18-21,29,35,37-39,41-42,44-46,48-51,53-54,60-61,64,68H,16-17,22-28,30-34H2,1-9H3/b13-10+,18-12+,36-19+,40-29+/t35-,37-,38-,39-,41-,42+,44+,45?,46-,48?,49+,50-,51+,53-,54+,58-/m1/s1. The Labute approximate surface area is 433 Å². The molecule has 0 radical (unpaired) electrons. The number of cyclic esters (lactones) is 1. The summed E-state index contributed by atoms with van der Waals surface area (Å²) in [5, 5.41) is 44.8. The van der Waals surface area contributed by atoms with Crippen molar-refractivity contribution in [2.75, 3.05) is 27.4 Å². The van der Waals surface area contributed by atoms with Crippen molar-refractivity contribution in [3.05, 3.63) is 83.5 Å². The number of ketones is 3. The minimum absolute atomic E-state index is 0.0311. The van der Waals surface area contributed by atoms with Crippen LogP contribution in [0.3, 0.4) is 0 Å². The predicted octanol–water partition coefficient (Wildman–Crippen LogP) is 7.28. The molecule has 73 heavy (non-hydrogen) atoms. The van der Waals surface area contributed by atoms with E-state index < -0.39 is 90.0 Å². The number of aliphatic hydroxyl groups excluding tert-OH is 3. The van der Waals surface area contributed by atoms with Crippen LogP contribution < -0.4 is 0 Å². The summed E-state index contributed by atoms with van der Waals surface area (Å²) >= 11 is 0. The molecule has 0 spiro atoms. The van der Waals surface area contributed by atoms with Crippen molar-refractivity contribution in [2.24, 2.45) is 35.5 Å². The number of ether oxygens (including phenoxy) is 5. The van der Waals surface area contributed by atoms with E-state index in [1.54, 1.807) is 40.9 Å². The van der Waals surface area contributed by atoms with Crippen LogP contribution >= 0.6 is 0 Å². The summed E-state index contributed by atoms with van der Waals surface area (Å²) in [5.41, 5.74) is 1.90. The van der Waals surface area contributed by atoms with Crippen LogP contribution in [0.15, 0.2) is 77.9 Å². The third-order valence-corrected chi connectivity index (χ3v) is 15.9. The number of amides is 1. The lowest BCUT2D eigenvalue weighted by atomic mass is 9.78. The number of hydrogen-bond donors (Lipinski definition) is 4. The van der Waals surface area contributed by atoms with E-state index in [2.05, 4.69) is 0 Å². The Kier molecular flexibility index (Phi) is 23.0. The van der Waals surface area contributed by atoms with Gasteiger partial charge in [-0.05, 0) is 113 Å². The van der Waals surface area contributed by atoms with Crippen molar-refractivity contribution in [1.82, 2.24) is 4.90 Å². The first-order chi connectivity index (χ1) is 34.7. The van der Waals surface area contributed by atoms with Gasteiger partial charge in [-0.15, -0.1) is 0 Å². The number of Topliss-reactive ketones (excluding diaryl/α,β-unsaturated/α-hetero) is 3. The molecule has 2 saturated heterocycles. The molecule has 4 N–H and O–H groups in total. The molecule has 3 aliphatic heterocycles. The molecule has 1 amide bonds. The van der Waals surface area contributed by atoms with Gasteiger partial charge in [0.1, 0.15) is 36.2 Å². The van der Waals surface area contributed by atoms with Gasteiger partial charge in [0.15, 0.2) is 5.78 Å². The summed E-state index contributed by atoms with van der Waals surface area (Å²) in [4.78, 5) is 72.7. The number of rotatable bonds is 9. The van der Waals surface area contributed by atoms with Crippen molar-refractivity contribution in [3.8, 4) is 0 Å². The first-order valence-electron chi connectivity index (χ1n) is 26.7. The van der Waals surface area contributed by atoms with Crippen LogP contribution in [-0.4, -0.2) is 136 Å². The summed E-state index contributed by atoms with van der Waals surface area (Å²) in [7, 11) is 2.93. The highest BCUT2D eigenvalue weighted by atomic mass is 16.6. The summed E-state index contributed by atoms with van der Waals surface area (Å²) in [6.45, 7) is 12.3.